The molecule has 1 fully saturated rings. The quantitative estimate of drug-likeness (QED) is 0.482. The number of hydrogen-bond donors (Lipinski definition) is 2. The van der Waals surface area contributed by atoms with Gasteiger partial charge in [-0.1, -0.05) is 0 Å². The molecule has 1 heterocycles. The zero-order valence-corrected chi connectivity index (χ0v) is 12.1. The summed E-state index contributed by atoms with van der Waals surface area (Å²) in [6.07, 6.45) is 0. The second kappa shape index (κ2) is 6.06. The van der Waals surface area contributed by atoms with Crippen molar-refractivity contribution in [2.45, 2.75) is 13.0 Å². The maximum absolute atomic E-state index is 12.6. The molecule has 3 N–H and O–H groups in total. The van der Waals surface area contributed by atoms with Gasteiger partial charge in [-0.25, -0.2) is 0 Å². The molecule has 114 valence electrons. The topological polar surface area (TPSA) is 105 Å². The number of nitrogens with zero attached hydrogens (tertiary/aromatic N) is 3. The van der Waals surface area contributed by atoms with Crippen molar-refractivity contribution in [1.82, 2.24) is 9.80 Å². The van der Waals surface area contributed by atoms with Crippen LogP contribution < -0.4 is 11.3 Å². The van der Waals surface area contributed by atoms with E-state index in [1.807, 2.05) is 14.0 Å². The molecular formula is C13H19N5O3. The van der Waals surface area contributed by atoms with Gasteiger partial charge in [-0.2, -0.15) is 0 Å². The van der Waals surface area contributed by atoms with Crippen molar-refractivity contribution in [3.8, 4) is 0 Å². The molecule has 0 bridgehead atoms. The van der Waals surface area contributed by atoms with Crippen LogP contribution in [0.5, 0.6) is 0 Å². The van der Waals surface area contributed by atoms with Gasteiger partial charge < -0.3 is 15.2 Å². The smallest absolute Gasteiger partial charge is 0.282 e. The van der Waals surface area contributed by atoms with Crippen molar-refractivity contribution in [1.29, 1.82) is 0 Å². The number of rotatable bonds is 3. The number of nitrogen functional groups attached to an aromatic ring is 1. The van der Waals surface area contributed by atoms with E-state index < -0.39 is 4.92 Å². The minimum absolute atomic E-state index is 0.00495. The zero-order valence-electron chi connectivity index (χ0n) is 12.1. The number of carbonyl (C=O) groups is 1. The van der Waals surface area contributed by atoms with E-state index in [0.717, 1.165) is 13.1 Å². The minimum Gasteiger partial charge on any atom is -0.333 e. The van der Waals surface area contributed by atoms with Gasteiger partial charge in [-0.05, 0) is 26.1 Å². The van der Waals surface area contributed by atoms with E-state index in [0.29, 0.717) is 12.2 Å². The van der Waals surface area contributed by atoms with Crippen LogP contribution >= 0.6 is 0 Å². The Morgan fingerprint density at radius 3 is 2.76 bits per heavy atom. The minimum atomic E-state index is -0.547. The first-order chi connectivity index (χ1) is 9.93. The first-order valence-electron chi connectivity index (χ1n) is 6.68. The molecule has 8 heteroatoms. The van der Waals surface area contributed by atoms with Gasteiger partial charge in [0.25, 0.3) is 11.6 Å². The summed E-state index contributed by atoms with van der Waals surface area (Å²) in [4.78, 5) is 27.0. The molecule has 1 aliphatic heterocycles. The van der Waals surface area contributed by atoms with Crippen LogP contribution in [0.25, 0.3) is 0 Å². The van der Waals surface area contributed by atoms with Crippen molar-refractivity contribution in [3.63, 3.8) is 0 Å². The fraction of sp³-hybridized carbons (Fsp3) is 0.462. The lowest BCUT2D eigenvalue weighted by Crippen LogP contribution is -2.52. The standard InChI is InChI=1S/C13H19N5O3/c1-9-8-16(2)5-6-17(9)13(19)11-7-10(15-14)3-4-12(11)18(20)21/h3-4,7,9,15H,5-6,8,14H2,1-2H3. The number of carbonyl (C=O) groups excluding carboxylic acids is 1. The van der Waals surface area contributed by atoms with E-state index in [9.17, 15) is 14.9 Å². The Bertz CT molecular complexity index is 563. The Morgan fingerprint density at radius 2 is 2.19 bits per heavy atom. The van der Waals surface area contributed by atoms with Crippen molar-refractivity contribution in [2.24, 2.45) is 5.84 Å². The molecule has 0 aromatic heterocycles. The first-order valence-corrected chi connectivity index (χ1v) is 6.68. The Labute approximate surface area is 122 Å². The van der Waals surface area contributed by atoms with Crippen LogP contribution in [0.15, 0.2) is 18.2 Å². The van der Waals surface area contributed by atoms with Gasteiger partial charge in [-0.15, -0.1) is 0 Å². The largest absolute Gasteiger partial charge is 0.333 e. The third kappa shape index (κ3) is 3.11. The first kappa shape index (κ1) is 15.2. The van der Waals surface area contributed by atoms with Crippen LogP contribution in [0.3, 0.4) is 0 Å². The fourth-order valence-corrected chi connectivity index (χ4v) is 2.55. The van der Waals surface area contributed by atoms with E-state index in [1.54, 1.807) is 4.90 Å². The third-order valence-corrected chi connectivity index (χ3v) is 3.68. The van der Waals surface area contributed by atoms with E-state index >= 15 is 0 Å². The molecule has 2 rings (SSSR count). The number of hydrogen-bond acceptors (Lipinski definition) is 6. The molecule has 0 aliphatic carbocycles. The molecule has 0 radical (unpaired) electrons. The summed E-state index contributed by atoms with van der Waals surface area (Å²) in [7, 11) is 1.99. The second-order valence-electron chi connectivity index (χ2n) is 5.24. The summed E-state index contributed by atoms with van der Waals surface area (Å²) >= 11 is 0. The highest BCUT2D eigenvalue weighted by atomic mass is 16.6. The Morgan fingerprint density at radius 1 is 1.48 bits per heavy atom. The zero-order chi connectivity index (χ0) is 15.6. The van der Waals surface area contributed by atoms with Crippen LogP contribution in [-0.4, -0.2) is 53.4 Å². The molecule has 0 spiro atoms. The highest BCUT2D eigenvalue weighted by Gasteiger charge is 2.30. The predicted octanol–water partition coefficient (Wildman–Crippen LogP) is 0.657. The van der Waals surface area contributed by atoms with Crippen molar-refractivity contribution >= 4 is 17.3 Å². The van der Waals surface area contributed by atoms with Crippen LogP contribution in [0.4, 0.5) is 11.4 Å². The lowest BCUT2D eigenvalue weighted by molar-refractivity contribution is -0.385. The van der Waals surface area contributed by atoms with Gasteiger partial charge in [0.1, 0.15) is 5.56 Å². The summed E-state index contributed by atoms with van der Waals surface area (Å²) in [5.74, 6) is 4.98. The van der Waals surface area contributed by atoms with Crippen LogP contribution in [0.1, 0.15) is 17.3 Å². The maximum atomic E-state index is 12.6. The molecule has 1 unspecified atom stereocenters. The SMILES string of the molecule is CC1CN(C)CCN1C(=O)c1cc(NN)ccc1[N+](=O)[O-]. The second-order valence-corrected chi connectivity index (χ2v) is 5.24. The summed E-state index contributed by atoms with van der Waals surface area (Å²) < 4.78 is 0. The van der Waals surface area contributed by atoms with Crippen LogP contribution in [0, 0.1) is 10.1 Å². The number of likely N-dealkylation sites (N-methyl/N-ethyl adjacent to an activating group) is 1. The third-order valence-electron chi connectivity index (χ3n) is 3.68. The van der Waals surface area contributed by atoms with Crippen molar-refractivity contribution < 1.29 is 9.72 Å². The molecule has 1 aliphatic rings. The molecule has 1 saturated heterocycles. The van der Waals surface area contributed by atoms with Gasteiger partial charge in [-0.3, -0.25) is 20.8 Å². The molecule has 1 amide bonds. The Kier molecular flexibility index (Phi) is 4.39. The number of nitro benzene ring substituents is 1. The Hall–Kier alpha value is -2.19. The van der Waals surface area contributed by atoms with Gasteiger partial charge in [0.05, 0.1) is 4.92 Å². The van der Waals surface area contributed by atoms with E-state index in [1.165, 1.54) is 18.2 Å². The van der Waals surface area contributed by atoms with Gasteiger partial charge in [0, 0.05) is 37.4 Å². The molecule has 0 saturated carbocycles. The molecular weight excluding hydrogens is 274 g/mol. The Balaban J connectivity index is 2.35. The molecule has 1 aromatic rings. The number of amides is 1. The number of benzene rings is 1. The lowest BCUT2D eigenvalue weighted by atomic mass is 10.1. The number of hydrazine groups is 1. The lowest BCUT2D eigenvalue weighted by Gasteiger charge is -2.38. The fourth-order valence-electron chi connectivity index (χ4n) is 2.55. The van der Waals surface area contributed by atoms with Crippen LogP contribution in [0.2, 0.25) is 0 Å². The maximum Gasteiger partial charge on any atom is 0.282 e. The normalized spacial score (nSPS) is 19.4. The van der Waals surface area contributed by atoms with Crippen molar-refractivity contribution in [3.05, 3.63) is 33.9 Å². The number of nitrogens with one attached hydrogen (secondary N) is 1. The highest BCUT2D eigenvalue weighted by molar-refractivity contribution is 5.99. The summed E-state index contributed by atoms with van der Waals surface area (Å²) in [5, 5.41) is 11.1. The summed E-state index contributed by atoms with van der Waals surface area (Å²) in [6, 6.07) is 4.20. The molecule has 8 nitrogen and oxygen atoms in total. The summed E-state index contributed by atoms with van der Waals surface area (Å²) in [5.41, 5.74) is 2.73. The van der Waals surface area contributed by atoms with Gasteiger partial charge >= 0.3 is 0 Å². The average Bonchev–Trinajstić information content (AvgIpc) is 2.45. The van der Waals surface area contributed by atoms with E-state index in [2.05, 4.69) is 10.3 Å². The number of nitro groups is 1. The number of nitrogens with two attached hydrogens (primary N) is 1. The molecule has 21 heavy (non-hydrogen) atoms. The predicted molar refractivity (Wildman–Crippen MR) is 78.9 cm³/mol. The van der Waals surface area contributed by atoms with Gasteiger partial charge in [0.15, 0.2) is 0 Å². The summed E-state index contributed by atoms with van der Waals surface area (Å²) in [6.45, 7) is 3.98. The van der Waals surface area contributed by atoms with Gasteiger partial charge in [0.2, 0.25) is 0 Å². The molecule has 1 aromatic carbocycles. The highest BCUT2D eigenvalue weighted by Crippen LogP contribution is 2.25. The number of anilines is 1. The molecule has 1 atom stereocenters. The van der Waals surface area contributed by atoms with E-state index in [4.69, 9.17) is 5.84 Å². The van der Waals surface area contributed by atoms with Crippen molar-refractivity contribution in [2.75, 3.05) is 32.1 Å². The average molecular weight is 293 g/mol. The van der Waals surface area contributed by atoms with E-state index in [-0.39, 0.29) is 23.2 Å². The number of piperazine rings is 1. The van der Waals surface area contributed by atoms with Crippen LogP contribution in [-0.2, 0) is 0 Å². The monoisotopic (exact) mass is 293 g/mol.